The number of hydrogen-bond acceptors (Lipinski definition) is 11. The van der Waals surface area contributed by atoms with Crippen molar-refractivity contribution in [2.45, 2.75) is 30.4 Å². The van der Waals surface area contributed by atoms with Gasteiger partial charge in [-0.25, -0.2) is 31.3 Å². The number of rotatable bonds is 11. The number of carbonyl (C=O) groups is 1. The van der Waals surface area contributed by atoms with Gasteiger partial charge in [0.1, 0.15) is 17.0 Å². The second-order valence-corrected chi connectivity index (χ2v) is 11.8. The summed E-state index contributed by atoms with van der Waals surface area (Å²) in [5.74, 6) is -0.531. The molecule has 0 atom stereocenters. The van der Waals surface area contributed by atoms with E-state index in [1.54, 1.807) is 13.8 Å². The van der Waals surface area contributed by atoms with Gasteiger partial charge in [0.05, 0.1) is 31.4 Å². The molecule has 0 aliphatic rings. The van der Waals surface area contributed by atoms with E-state index in [-0.39, 0.29) is 34.2 Å². The van der Waals surface area contributed by atoms with Crippen molar-refractivity contribution < 1.29 is 40.9 Å². The predicted molar refractivity (Wildman–Crippen MR) is 141 cm³/mol. The summed E-state index contributed by atoms with van der Waals surface area (Å²) in [6.07, 6.45) is 1.54. The number of methoxy groups -OCH3 is 2. The van der Waals surface area contributed by atoms with Crippen LogP contribution in [0.5, 0.6) is 17.4 Å². The number of aliphatic carboxylic acids is 1. The monoisotopic (exact) mass is 591 g/mol. The zero-order chi connectivity index (χ0) is 29.2. The third kappa shape index (κ3) is 5.54. The van der Waals surface area contributed by atoms with Crippen LogP contribution in [0, 0.1) is 13.8 Å². The zero-order valence-corrected chi connectivity index (χ0v) is 23.4. The maximum atomic E-state index is 13.8. The fourth-order valence-electron chi connectivity index (χ4n) is 3.83. The van der Waals surface area contributed by atoms with Crippen molar-refractivity contribution in [1.29, 1.82) is 0 Å². The third-order valence-electron chi connectivity index (χ3n) is 5.76. The Bertz CT molecular complexity index is 1800. The molecular formula is C24H25N5O9S2. The molecule has 0 radical (unpaired) electrons. The number of carboxylic acid groups (broad SMARTS) is 1. The molecule has 0 spiro atoms. The van der Waals surface area contributed by atoms with Crippen LogP contribution in [0.2, 0.25) is 0 Å². The number of nitrogens with zero attached hydrogens (tertiary/aromatic N) is 4. The van der Waals surface area contributed by atoms with Crippen LogP contribution in [0.15, 0.2) is 52.6 Å². The average Bonchev–Trinajstić information content (AvgIpc) is 3.32. The number of pyridine rings is 2. The number of hydrogen-bond donors (Lipinski definition) is 2. The minimum Gasteiger partial charge on any atom is -0.496 e. The molecule has 4 aromatic rings. The van der Waals surface area contributed by atoms with Crippen LogP contribution in [-0.2, 0) is 31.4 Å². The first-order valence-electron chi connectivity index (χ1n) is 11.5. The molecule has 14 nitrogen and oxygen atoms in total. The van der Waals surface area contributed by atoms with Crippen molar-refractivity contribution in [1.82, 2.24) is 23.6 Å². The largest absolute Gasteiger partial charge is 0.496 e. The lowest BCUT2D eigenvalue weighted by atomic mass is 10.1. The Labute approximate surface area is 229 Å². The Morgan fingerprint density at radius 3 is 2.33 bits per heavy atom. The van der Waals surface area contributed by atoms with E-state index in [0.29, 0.717) is 21.0 Å². The molecule has 1 aromatic carbocycles. The fourth-order valence-corrected chi connectivity index (χ4v) is 6.70. The fraction of sp³-hybridized carbons (Fsp3) is 0.250. The minimum absolute atomic E-state index is 0.0162. The van der Waals surface area contributed by atoms with Gasteiger partial charge in [-0.05, 0) is 44.2 Å². The van der Waals surface area contributed by atoms with Gasteiger partial charge < -0.3 is 19.3 Å². The van der Waals surface area contributed by atoms with Crippen LogP contribution in [0.25, 0.3) is 11.2 Å². The van der Waals surface area contributed by atoms with Crippen LogP contribution in [0.4, 0.5) is 0 Å². The Morgan fingerprint density at radius 2 is 1.70 bits per heavy atom. The molecule has 3 heterocycles. The molecule has 0 bridgehead atoms. The second kappa shape index (κ2) is 11.1. The highest BCUT2D eigenvalue weighted by atomic mass is 32.2. The number of imidazole rings is 1. The number of aryl methyl sites for hydroxylation is 1. The first-order chi connectivity index (χ1) is 18.9. The third-order valence-corrected chi connectivity index (χ3v) is 8.85. The van der Waals surface area contributed by atoms with Crippen molar-refractivity contribution in [3.05, 3.63) is 59.4 Å². The molecule has 16 heteroatoms. The molecule has 0 amide bonds. The molecule has 0 aliphatic heterocycles. The Morgan fingerprint density at radius 1 is 1.00 bits per heavy atom. The number of fused-ring (bicyclic) bond motifs is 1. The molecule has 3 aromatic heterocycles. The molecule has 2 N–H and O–H groups in total. The lowest BCUT2D eigenvalue weighted by Crippen LogP contribution is -2.29. The maximum absolute atomic E-state index is 13.8. The highest BCUT2D eigenvalue weighted by Crippen LogP contribution is 2.28. The number of nitrogens with one attached hydrogen (secondary N) is 1. The van der Waals surface area contributed by atoms with E-state index in [0.717, 1.165) is 17.7 Å². The Balaban J connectivity index is 1.80. The lowest BCUT2D eigenvalue weighted by Gasteiger charge is -2.14. The summed E-state index contributed by atoms with van der Waals surface area (Å²) in [6.45, 7) is 2.62. The van der Waals surface area contributed by atoms with Gasteiger partial charge in [-0.3, -0.25) is 4.98 Å². The van der Waals surface area contributed by atoms with E-state index in [9.17, 15) is 21.6 Å². The molecule has 0 unspecified atom stereocenters. The van der Waals surface area contributed by atoms with E-state index in [1.807, 2.05) is 0 Å². The first-order valence-corrected chi connectivity index (χ1v) is 14.4. The Hall–Kier alpha value is -4.28. The molecule has 0 aliphatic carbocycles. The van der Waals surface area contributed by atoms with Crippen LogP contribution >= 0.6 is 0 Å². The normalized spacial score (nSPS) is 11.9. The van der Waals surface area contributed by atoms with Crippen molar-refractivity contribution >= 4 is 37.2 Å². The summed E-state index contributed by atoms with van der Waals surface area (Å²) in [7, 11) is -6.36. The number of benzene rings is 1. The van der Waals surface area contributed by atoms with E-state index < -0.39 is 37.8 Å². The smallest absolute Gasteiger partial charge is 0.341 e. The summed E-state index contributed by atoms with van der Waals surface area (Å²) >= 11 is 0. The van der Waals surface area contributed by atoms with Gasteiger partial charge in [0.15, 0.2) is 12.3 Å². The van der Waals surface area contributed by atoms with Crippen molar-refractivity contribution in [3.8, 4) is 17.4 Å². The standard InChI is InChI=1S/C24H25N5O9S2/c1-14-11-25-19(15(2)22(14)37-4)12-26-39(32,33)24-27-18-9-10-20(36-3)28-23(18)29(24)40(34,35)17-7-5-16(6-8-17)38-13-21(30)31/h5-11,26H,12-13H2,1-4H3,(H,30,31). The van der Waals surface area contributed by atoms with Crippen LogP contribution in [0.3, 0.4) is 0 Å². The van der Waals surface area contributed by atoms with Gasteiger partial charge in [0.2, 0.25) is 5.88 Å². The van der Waals surface area contributed by atoms with E-state index >= 15 is 0 Å². The van der Waals surface area contributed by atoms with Gasteiger partial charge in [-0.2, -0.15) is 8.96 Å². The first kappa shape index (κ1) is 28.7. The molecule has 40 heavy (non-hydrogen) atoms. The van der Waals surface area contributed by atoms with E-state index in [4.69, 9.17) is 19.3 Å². The van der Waals surface area contributed by atoms with Crippen molar-refractivity contribution in [2.75, 3.05) is 20.8 Å². The van der Waals surface area contributed by atoms with Crippen LogP contribution in [-0.4, -0.2) is 67.7 Å². The van der Waals surface area contributed by atoms with Gasteiger partial charge in [-0.1, -0.05) is 0 Å². The SMILES string of the molecule is COc1ccc2nc(S(=O)(=O)NCc3ncc(C)c(OC)c3C)n(S(=O)(=O)c3ccc(OCC(=O)O)cc3)c2n1. The predicted octanol–water partition coefficient (Wildman–Crippen LogP) is 1.64. The quantitative estimate of drug-likeness (QED) is 0.257. The summed E-state index contributed by atoms with van der Waals surface area (Å²) in [6, 6.07) is 7.58. The number of carboxylic acids is 1. The summed E-state index contributed by atoms with van der Waals surface area (Å²) in [5, 5.41) is 7.95. The van der Waals surface area contributed by atoms with Crippen molar-refractivity contribution in [3.63, 3.8) is 0 Å². The van der Waals surface area contributed by atoms with Gasteiger partial charge >= 0.3 is 5.97 Å². The molecular weight excluding hydrogens is 566 g/mol. The molecule has 0 fully saturated rings. The van der Waals surface area contributed by atoms with Gasteiger partial charge in [0.25, 0.3) is 25.2 Å². The topological polar surface area (TPSA) is 189 Å². The average molecular weight is 592 g/mol. The van der Waals surface area contributed by atoms with Gasteiger partial charge in [0, 0.05) is 23.4 Å². The molecule has 212 valence electrons. The molecule has 4 rings (SSSR count). The molecule has 0 saturated carbocycles. The highest BCUT2D eigenvalue weighted by molar-refractivity contribution is 7.92. The van der Waals surface area contributed by atoms with Crippen molar-refractivity contribution in [2.24, 2.45) is 0 Å². The zero-order valence-electron chi connectivity index (χ0n) is 21.8. The lowest BCUT2D eigenvalue weighted by molar-refractivity contribution is -0.139. The molecule has 0 saturated heterocycles. The number of aromatic nitrogens is 4. The minimum atomic E-state index is -4.61. The second-order valence-electron chi connectivity index (χ2n) is 8.38. The van der Waals surface area contributed by atoms with Crippen LogP contribution < -0.4 is 18.9 Å². The summed E-state index contributed by atoms with van der Waals surface area (Å²) in [5.41, 5.74) is 1.45. The van der Waals surface area contributed by atoms with Crippen LogP contribution in [0.1, 0.15) is 16.8 Å². The number of ether oxygens (including phenoxy) is 3. The summed E-state index contributed by atoms with van der Waals surface area (Å²) < 4.78 is 73.0. The number of sulfonamides is 1. The Kier molecular flexibility index (Phi) is 7.95. The summed E-state index contributed by atoms with van der Waals surface area (Å²) in [4.78, 5) is 22.9. The maximum Gasteiger partial charge on any atom is 0.341 e. The van der Waals surface area contributed by atoms with E-state index in [2.05, 4.69) is 19.7 Å². The highest BCUT2D eigenvalue weighted by Gasteiger charge is 2.33. The van der Waals surface area contributed by atoms with Gasteiger partial charge in [-0.15, -0.1) is 0 Å². The van der Waals surface area contributed by atoms with E-state index in [1.165, 1.54) is 44.7 Å².